The molecule has 0 unspecified atom stereocenters. The van der Waals surface area contributed by atoms with Gasteiger partial charge in [-0.05, 0) is 71.8 Å². The summed E-state index contributed by atoms with van der Waals surface area (Å²) in [6, 6.07) is 53.7. The Morgan fingerprint density at radius 2 is 0.918 bits per heavy atom. The fraction of sp³-hybridized carbons (Fsp3) is 0. The lowest BCUT2D eigenvalue weighted by Gasteiger charge is -2.12. The van der Waals surface area contributed by atoms with Crippen LogP contribution in [0.2, 0.25) is 0 Å². The van der Waals surface area contributed by atoms with Gasteiger partial charge in [-0.15, -0.1) is 0 Å². The van der Waals surface area contributed by atoms with Crippen LogP contribution in [-0.4, -0.2) is 29.5 Å². The van der Waals surface area contributed by atoms with Crippen LogP contribution in [0.15, 0.2) is 170 Å². The number of nitrogens with zero attached hydrogens (tertiary/aromatic N) is 6. The van der Waals surface area contributed by atoms with E-state index in [4.69, 9.17) is 19.9 Å². The van der Waals surface area contributed by atoms with Gasteiger partial charge in [0.05, 0.1) is 16.7 Å². The van der Waals surface area contributed by atoms with E-state index in [9.17, 15) is 0 Å². The predicted octanol–water partition coefficient (Wildman–Crippen LogP) is 10.1. The minimum Gasteiger partial charge on any atom is -0.294 e. The molecule has 4 heterocycles. The molecule has 0 fully saturated rings. The quantitative estimate of drug-likeness (QED) is 0.183. The SMILES string of the molecule is c1ccc(-c2nc(-c3ccccc3)nc(-c3cc(-c4ccc5c(c4)c4ccccc4n5-c4ccccn4)cc(-c4ccccn4)c3)n2)cc1. The third kappa shape index (κ3) is 5.31. The molecule has 5 aromatic carbocycles. The highest BCUT2D eigenvalue weighted by molar-refractivity contribution is 6.10. The zero-order valence-electron chi connectivity index (χ0n) is 26.3. The van der Waals surface area contributed by atoms with Crippen LogP contribution in [0, 0.1) is 0 Å². The summed E-state index contributed by atoms with van der Waals surface area (Å²) in [6.45, 7) is 0. The first-order valence-electron chi connectivity index (χ1n) is 16.2. The Labute approximate surface area is 283 Å². The van der Waals surface area contributed by atoms with E-state index >= 15 is 0 Å². The van der Waals surface area contributed by atoms with Crippen LogP contribution in [0.4, 0.5) is 0 Å². The average molecular weight is 629 g/mol. The lowest BCUT2D eigenvalue weighted by Crippen LogP contribution is -2.00. The van der Waals surface area contributed by atoms with Crippen molar-refractivity contribution in [2.45, 2.75) is 0 Å². The normalized spacial score (nSPS) is 11.3. The number of fused-ring (bicyclic) bond motifs is 3. The Morgan fingerprint density at radius 3 is 1.59 bits per heavy atom. The Balaban J connectivity index is 1.26. The first kappa shape index (κ1) is 28.4. The molecule has 0 N–H and O–H groups in total. The van der Waals surface area contributed by atoms with Crippen LogP contribution in [0.25, 0.3) is 84.2 Å². The zero-order valence-corrected chi connectivity index (χ0v) is 26.3. The van der Waals surface area contributed by atoms with Crippen molar-refractivity contribution in [3.63, 3.8) is 0 Å². The predicted molar refractivity (Wildman–Crippen MR) is 197 cm³/mol. The monoisotopic (exact) mass is 628 g/mol. The van der Waals surface area contributed by atoms with Gasteiger partial charge in [-0.3, -0.25) is 9.55 Å². The standard InChI is InChI=1S/C43H28N6/c1-3-13-29(14-4-1)41-46-42(30-15-5-2-6-16-30)48-43(47-41)34-26-32(25-33(27-34)37-18-9-11-23-44-37)31-21-22-39-36(28-31)35-17-7-8-19-38(35)49(39)40-20-10-12-24-45-40/h1-28H. The number of hydrogen-bond donors (Lipinski definition) is 0. The molecule has 0 atom stereocenters. The maximum atomic E-state index is 5.04. The molecular formula is C43H28N6. The van der Waals surface area contributed by atoms with Crippen LogP contribution in [0.1, 0.15) is 0 Å². The topological polar surface area (TPSA) is 69.4 Å². The van der Waals surface area contributed by atoms with Gasteiger partial charge in [-0.2, -0.15) is 0 Å². The number of rotatable bonds is 6. The largest absolute Gasteiger partial charge is 0.294 e. The van der Waals surface area contributed by atoms with Crippen molar-refractivity contribution in [3.05, 3.63) is 170 Å². The van der Waals surface area contributed by atoms with Crippen molar-refractivity contribution in [2.75, 3.05) is 0 Å². The molecule has 0 saturated heterocycles. The molecule has 4 aromatic heterocycles. The summed E-state index contributed by atoms with van der Waals surface area (Å²) in [4.78, 5) is 24.4. The summed E-state index contributed by atoms with van der Waals surface area (Å²) in [5.74, 6) is 2.73. The molecule has 49 heavy (non-hydrogen) atoms. The maximum Gasteiger partial charge on any atom is 0.164 e. The Morgan fingerprint density at radius 1 is 0.347 bits per heavy atom. The molecule has 0 aliphatic carbocycles. The lowest BCUT2D eigenvalue weighted by molar-refractivity contribution is 1.07. The third-order valence-electron chi connectivity index (χ3n) is 8.74. The highest BCUT2D eigenvalue weighted by atomic mass is 15.1. The molecule has 6 nitrogen and oxygen atoms in total. The second-order valence-electron chi connectivity index (χ2n) is 11.8. The maximum absolute atomic E-state index is 5.04. The van der Waals surface area contributed by atoms with E-state index in [1.807, 2.05) is 109 Å². The molecule has 9 aromatic rings. The van der Waals surface area contributed by atoms with Gasteiger partial charge in [0.2, 0.25) is 0 Å². The number of para-hydroxylation sites is 1. The van der Waals surface area contributed by atoms with E-state index in [0.717, 1.165) is 61.3 Å². The Kier molecular flexibility index (Phi) is 7.02. The Hall–Kier alpha value is -6.79. The molecule has 0 aliphatic heterocycles. The van der Waals surface area contributed by atoms with Crippen molar-refractivity contribution in [3.8, 4) is 62.4 Å². The Bertz CT molecular complexity index is 2520. The van der Waals surface area contributed by atoms with E-state index in [1.54, 1.807) is 0 Å². The molecule has 6 heteroatoms. The molecule has 0 amide bonds. The molecule has 0 saturated carbocycles. The van der Waals surface area contributed by atoms with E-state index in [0.29, 0.717) is 17.5 Å². The molecule has 0 radical (unpaired) electrons. The summed E-state index contributed by atoms with van der Waals surface area (Å²) in [5, 5.41) is 2.32. The molecule has 0 bridgehead atoms. The van der Waals surface area contributed by atoms with Gasteiger partial charge < -0.3 is 0 Å². The molecule has 230 valence electrons. The van der Waals surface area contributed by atoms with Gasteiger partial charge in [0, 0.05) is 45.4 Å². The fourth-order valence-electron chi connectivity index (χ4n) is 6.43. The summed E-state index contributed by atoms with van der Waals surface area (Å²) >= 11 is 0. The van der Waals surface area contributed by atoms with Gasteiger partial charge in [0.25, 0.3) is 0 Å². The van der Waals surface area contributed by atoms with E-state index in [1.165, 1.54) is 5.39 Å². The molecule has 9 rings (SSSR count). The number of pyridine rings is 2. The zero-order chi connectivity index (χ0) is 32.6. The molecule has 0 spiro atoms. The minimum atomic E-state index is 0.597. The van der Waals surface area contributed by atoms with Crippen LogP contribution in [-0.2, 0) is 0 Å². The first-order valence-corrected chi connectivity index (χ1v) is 16.2. The summed E-state index contributed by atoms with van der Waals surface area (Å²) in [5.41, 5.74) is 8.93. The molecule has 0 aliphatic rings. The highest BCUT2D eigenvalue weighted by Crippen LogP contribution is 2.37. The summed E-state index contributed by atoms with van der Waals surface area (Å²) in [6.07, 6.45) is 3.66. The molecular weight excluding hydrogens is 601 g/mol. The van der Waals surface area contributed by atoms with Gasteiger partial charge in [-0.1, -0.05) is 97.1 Å². The first-order chi connectivity index (χ1) is 24.3. The number of hydrogen-bond acceptors (Lipinski definition) is 5. The minimum absolute atomic E-state index is 0.597. The van der Waals surface area contributed by atoms with Crippen LogP contribution in [0.3, 0.4) is 0 Å². The second kappa shape index (κ2) is 12.1. The van der Waals surface area contributed by atoms with Crippen LogP contribution in [0.5, 0.6) is 0 Å². The van der Waals surface area contributed by atoms with E-state index < -0.39 is 0 Å². The van der Waals surface area contributed by atoms with Gasteiger partial charge in [0.15, 0.2) is 17.5 Å². The van der Waals surface area contributed by atoms with Crippen molar-refractivity contribution < 1.29 is 0 Å². The number of aromatic nitrogens is 6. The van der Waals surface area contributed by atoms with Crippen molar-refractivity contribution in [1.82, 2.24) is 29.5 Å². The smallest absolute Gasteiger partial charge is 0.164 e. The number of benzene rings is 5. The summed E-state index contributed by atoms with van der Waals surface area (Å²) in [7, 11) is 0. The van der Waals surface area contributed by atoms with Crippen LogP contribution >= 0.6 is 0 Å². The van der Waals surface area contributed by atoms with Crippen LogP contribution < -0.4 is 0 Å². The van der Waals surface area contributed by atoms with Crippen molar-refractivity contribution in [2.24, 2.45) is 0 Å². The van der Waals surface area contributed by atoms with E-state index in [-0.39, 0.29) is 0 Å². The highest BCUT2D eigenvalue weighted by Gasteiger charge is 2.17. The van der Waals surface area contributed by atoms with Crippen molar-refractivity contribution in [1.29, 1.82) is 0 Å². The fourth-order valence-corrected chi connectivity index (χ4v) is 6.43. The van der Waals surface area contributed by atoms with Gasteiger partial charge >= 0.3 is 0 Å². The summed E-state index contributed by atoms with van der Waals surface area (Å²) < 4.78 is 2.23. The lowest BCUT2D eigenvalue weighted by atomic mass is 9.96. The second-order valence-corrected chi connectivity index (χ2v) is 11.8. The average Bonchev–Trinajstić information content (AvgIpc) is 3.52. The van der Waals surface area contributed by atoms with Crippen molar-refractivity contribution >= 4 is 21.8 Å². The van der Waals surface area contributed by atoms with Gasteiger partial charge in [0.1, 0.15) is 5.82 Å². The van der Waals surface area contributed by atoms with E-state index in [2.05, 4.69) is 70.2 Å². The third-order valence-corrected chi connectivity index (χ3v) is 8.74. The van der Waals surface area contributed by atoms with Gasteiger partial charge in [-0.25, -0.2) is 19.9 Å².